The van der Waals surface area contributed by atoms with Crippen molar-refractivity contribution in [3.63, 3.8) is 0 Å². The van der Waals surface area contributed by atoms with E-state index < -0.39 is 16.9 Å². The van der Waals surface area contributed by atoms with Crippen LogP contribution in [0.2, 0.25) is 0 Å². The summed E-state index contributed by atoms with van der Waals surface area (Å²) in [7, 11) is 0. The van der Waals surface area contributed by atoms with Crippen LogP contribution in [0.5, 0.6) is 11.5 Å². The molecule has 4 N–H and O–H groups in total. The zero-order valence-electron chi connectivity index (χ0n) is 12.5. The largest absolute Gasteiger partial charge is 0.504 e. The summed E-state index contributed by atoms with van der Waals surface area (Å²) < 4.78 is 0. The monoisotopic (exact) mass is 332 g/mol. The van der Waals surface area contributed by atoms with Gasteiger partial charge in [-0.2, -0.15) is 0 Å². The fourth-order valence-corrected chi connectivity index (χ4v) is 2.16. The summed E-state index contributed by atoms with van der Waals surface area (Å²) in [5.74, 6) is -1.65. The molecule has 0 aliphatic carbocycles. The molecule has 8 heteroatoms. The van der Waals surface area contributed by atoms with Crippen molar-refractivity contribution in [2.24, 2.45) is 0 Å². The van der Waals surface area contributed by atoms with Crippen LogP contribution < -0.4 is 5.32 Å². The van der Waals surface area contributed by atoms with Crippen LogP contribution in [0.1, 0.15) is 11.1 Å². The lowest BCUT2D eigenvalue weighted by Crippen LogP contribution is -2.38. The molecule has 0 saturated carbocycles. The maximum absolute atomic E-state index is 11.4. The lowest BCUT2D eigenvalue weighted by atomic mass is 10.0. The number of carboxylic acids is 1. The second-order valence-electron chi connectivity index (χ2n) is 5.22. The van der Waals surface area contributed by atoms with Gasteiger partial charge in [0.1, 0.15) is 6.04 Å². The topological polar surface area (TPSA) is 133 Å². The summed E-state index contributed by atoms with van der Waals surface area (Å²) in [6.07, 6.45) is 0.107. The van der Waals surface area contributed by atoms with Gasteiger partial charge in [0.2, 0.25) is 0 Å². The number of benzene rings is 2. The number of hydrogen-bond donors (Lipinski definition) is 4. The van der Waals surface area contributed by atoms with Crippen molar-refractivity contribution >= 4 is 11.7 Å². The molecule has 0 radical (unpaired) electrons. The van der Waals surface area contributed by atoms with Crippen LogP contribution in [-0.4, -0.2) is 32.3 Å². The lowest BCUT2D eigenvalue weighted by molar-refractivity contribution is -0.384. The molecule has 0 heterocycles. The number of aromatic hydroxyl groups is 2. The Morgan fingerprint density at radius 2 is 1.71 bits per heavy atom. The van der Waals surface area contributed by atoms with Gasteiger partial charge in [-0.25, -0.2) is 0 Å². The highest BCUT2D eigenvalue weighted by Crippen LogP contribution is 2.25. The number of non-ortho nitro benzene ring substituents is 1. The molecule has 2 rings (SSSR count). The molecule has 2 aromatic carbocycles. The van der Waals surface area contributed by atoms with Crippen LogP contribution in [0.25, 0.3) is 0 Å². The van der Waals surface area contributed by atoms with E-state index in [2.05, 4.69) is 5.32 Å². The van der Waals surface area contributed by atoms with Gasteiger partial charge in [-0.05, 0) is 29.7 Å². The van der Waals surface area contributed by atoms with Gasteiger partial charge in [0.25, 0.3) is 5.69 Å². The van der Waals surface area contributed by atoms with Crippen molar-refractivity contribution < 1.29 is 25.0 Å². The van der Waals surface area contributed by atoms with Crippen molar-refractivity contribution in [1.82, 2.24) is 5.32 Å². The second kappa shape index (κ2) is 7.42. The van der Waals surface area contributed by atoms with Crippen molar-refractivity contribution in [3.05, 3.63) is 63.7 Å². The first-order chi connectivity index (χ1) is 11.4. The SMILES string of the molecule is O=C(O)[C@H](Cc1ccc(O)c(O)c1)NCc1ccc([N+](=O)[O-])cc1. The maximum Gasteiger partial charge on any atom is 0.321 e. The van der Waals surface area contributed by atoms with E-state index in [-0.39, 0.29) is 30.2 Å². The second-order valence-corrected chi connectivity index (χ2v) is 5.22. The van der Waals surface area contributed by atoms with Gasteiger partial charge >= 0.3 is 5.97 Å². The van der Waals surface area contributed by atoms with Crippen LogP contribution in [0, 0.1) is 10.1 Å². The minimum absolute atomic E-state index is 0.0342. The third-order valence-corrected chi connectivity index (χ3v) is 3.48. The minimum atomic E-state index is -1.07. The first-order valence-corrected chi connectivity index (χ1v) is 7.07. The smallest absolute Gasteiger partial charge is 0.321 e. The number of nitrogens with zero attached hydrogens (tertiary/aromatic N) is 1. The van der Waals surface area contributed by atoms with E-state index >= 15 is 0 Å². The van der Waals surface area contributed by atoms with Crippen LogP contribution in [0.4, 0.5) is 5.69 Å². The van der Waals surface area contributed by atoms with E-state index in [1.807, 2.05) is 0 Å². The third-order valence-electron chi connectivity index (χ3n) is 3.48. The zero-order valence-corrected chi connectivity index (χ0v) is 12.5. The Bertz CT molecular complexity index is 745. The number of carbonyl (C=O) groups is 1. The average molecular weight is 332 g/mol. The number of carboxylic acid groups (broad SMARTS) is 1. The summed E-state index contributed by atoms with van der Waals surface area (Å²) in [6.45, 7) is 0.221. The predicted molar refractivity (Wildman–Crippen MR) is 84.8 cm³/mol. The van der Waals surface area contributed by atoms with Gasteiger partial charge in [-0.1, -0.05) is 18.2 Å². The molecule has 0 aliphatic heterocycles. The number of rotatable bonds is 7. The number of nitrogens with one attached hydrogen (secondary N) is 1. The quantitative estimate of drug-likeness (QED) is 0.345. The molecule has 0 unspecified atom stereocenters. The summed E-state index contributed by atoms with van der Waals surface area (Å²) in [4.78, 5) is 21.4. The number of hydrogen-bond acceptors (Lipinski definition) is 6. The first-order valence-electron chi connectivity index (χ1n) is 7.07. The molecule has 0 fully saturated rings. The normalized spacial score (nSPS) is 11.8. The lowest BCUT2D eigenvalue weighted by Gasteiger charge is -2.15. The molecule has 0 bridgehead atoms. The van der Waals surface area contributed by atoms with Gasteiger partial charge in [0.15, 0.2) is 11.5 Å². The van der Waals surface area contributed by atoms with E-state index in [1.165, 1.54) is 30.3 Å². The highest BCUT2D eigenvalue weighted by atomic mass is 16.6. The zero-order chi connectivity index (χ0) is 17.7. The van der Waals surface area contributed by atoms with E-state index in [4.69, 9.17) is 0 Å². The Morgan fingerprint density at radius 1 is 1.08 bits per heavy atom. The van der Waals surface area contributed by atoms with E-state index in [0.29, 0.717) is 11.1 Å². The molecular formula is C16H16N2O6. The number of nitro groups is 1. The van der Waals surface area contributed by atoms with E-state index in [1.54, 1.807) is 12.1 Å². The summed E-state index contributed by atoms with van der Waals surface area (Å²) in [5, 5.41) is 41.5. The third kappa shape index (κ3) is 4.43. The van der Waals surface area contributed by atoms with Crippen LogP contribution in [0.3, 0.4) is 0 Å². The molecule has 0 aliphatic rings. The molecule has 1 atom stereocenters. The molecule has 0 spiro atoms. The molecule has 0 aromatic heterocycles. The maximum atomic E-state index is 11.4. The molecule has 8 nitrogen and oxygen atoms in total. The van der Waals surface area contributed by atoms with Gasteiger partial charge in [-0.3, -0.25) is 14.9 Å². The summed E-state index contributed by atoms with van der Waals surface area (Å²) in [6, 6.07) is 9.02. The molecular weight excluding hydrogens is 316 g/mol. The average Bonchev–Trinajstić information content (AvgIpc) is 2.54. The highest BCUT2D eigenvalue weighted by molar-refractivity contribution is 5.74. The van der Waals surface area contributed by atoms with Gasteiger partial charge < -0.3 is 20.6 Å². The number of nitro benzene ring substituents is 1. The summed E-state index contributed by atoms with van der Waals surface area (Å²) in [5.41, 5.74) is 1.22. The fraction of sp³-hybridized carbons (Fsp3) is 0.188. The van der Waals surface area contributed by atoms with Crippen molar-refractivity contribution in [2.75, 3.05) is 0 Å². The molecule has 2 aromatic rings. The van der Waals surface area contributed by atoms with Crippen LogP contribution in [0.15, 0.2) is 42.5 Å². The van der Waals surface area contributed by atoms with Crippen LogP contribution in [-0.2, 0) is 17.8 Å². The Labute approximate surface area is 137 Å². The minimum Gasteiger partial charge on any atom is -0.504 e. The summed E-state index contributed by atoms with van der Waals surface area (Å²) >= 11 is 0. The Morgan fingerprint density at radius 3 is 2.25 bits per heavy atom. The van der Waals surface area contributed by atoms with Crippen molar-refractivity contribution in [2.45, 2.75) is 19.0 Å². The van der Waals surface area contributed by atoms with Gasteiger partial charge in [0.05, 0.1) is 4.92 Å². The Kier molecular flexibility index (Phi) is 5.33. The van der Waals surface area contributed by atoms with E-state index in [9.17, 15) is 30.2 Å². The molecule has 126 valence electrons. The highest BCUT2D eigenvalue weighted by Gasteiger charge is 2.18. The fourth-order valence-electron chi connectivity index (χ4n) is 2.16. The van der Waals surface area contributed by atoms with Gasteiger partial charge in [0, 0.05) is 18.7 Å². The standard InChI is InChI=1S/C16H16N2O6/c19-14-6-3-11(8-15(14)20)7-13(16(21)22)17-9-10-1-4-12(5-2-10)18(23)24/h1-6,8,13,17,19-20H,7,9H2,(H,21,22)/t13-/m0/s1. The van der Waals surface area contributed by atoms with Crippen molar-refractivity contribution in [3.8, 4) is 11.5 Å². The van der Waals surface area contributed by atoms with E-state index in [0.717, 1.165) is 0 Å². The first kappa shape index (κ1) is 17.2. The van der Waals surface area contributed by atoms with Gasteiger partial charge in [-0.15, -0.1) is 0 Å². The molecule has 0 saturated heterocycles. The number of aliphatic carboxylic acids is 1. The number of phenols is 2. The molecule has 24 heavy (non-hydrogen) atoms. The molecule has 0 amide bonds. The number of phenolic OH excluding ortho intramolecular Hbond substituents is 2. The van der Waals surface area contributed by atoms with Crippen LogP contribution >= 0.6 is 0 Å². The van der Waals surface area contributed by atoms with Crippen molar-refractivity contribution in [1.29, 1.82) is 0 Å². The predicted octanol–water partition coefficient (Wildman–Crippen LogP) is 1.79. The Hall–Kier alpha value is -3.13. The Balaban J connectivity index is 2.01.